The molecule has 1 aromatic carbocycles. The second kappa shape index (κ2) is 6.97. The van der Waals surface area contributed by atoms with Crippen LogP contribution in [0.5, 0.6) is 0 Å². The van der Waals surface area contributed by atoms with Crippen LogP contribution in [0, 0.1) is 11.7 Å². The lowest BCUT2D eigenvalue weighted by atomic mass is 9.63. The lowest BCUT2D eigenvalue weighted by Gasteiger charge is -2.43. The maximum Gasteiger partial charge on any atom is 0.230 e. The van der Waals surface area contributed by atoms with Crippen molar-refractivity contribution < 1.29 is 9.18 Å². The van der Waals surface area contributed by atoms with E-state index in [4.69, 9.17) is 0 Å². The van der Waals surface area contributed by atoms with Gasteiger partial charge < -0.3 is 10.6 Å². The molecule has 0 radical (unpaired) electrons. The van der Waals surface area contributed by atoms with Crippen molar-refractivity contribution in [1.29, 1.82) is 0 Å². The monoisotopic (exact) mass is 326 g/mol. The van der Waals surface area contributed by atoms with Crippen molar-refractivity contribution in [3.8, 4) is 0 Å². The van der Waals surface area contributed by atoms with E-state index in [0.717, 1.165) is 44.3 Å². The molecule has 3 nitrogen and oxygen atoms in total. The molecule has 2 unspecified atom stereocenters. The van der Waals surface area contributed by atoms with Crippen LogP contribution < -0.4 is 10.6 Å². The van der Waals surface area contributed by atoms with Gasteiger partial charge in [-0.25, -0.2) is 4.39 Å². The van der Waals surface area contributed by atoms with Crippen molar-refractivity contribution in [3.63, 3.8) is 0 Å². The fraction of sp³-hybridized carbons (Fsp3) is 0.588. The predicted molar refractivity (Wildman–Crippen MR) is 87.8 cm³/mol. The smallest absolute Gasteiger partial charge is 0.230 e. The van der Waals surface area contributed by atoms with Gasteiger partial charge in [-0.2, -0.15) is 0 Å². The van der Waals surface area contributed by atoms with Gasteiger partial charge in [-0.1, -0.05) is 25.5 Å². The Balaban J connectivity index is 0.00000176. The molecule has 1 saturated heterocycles. The average molecular weight is 327 g/mol. The third-order valence-corrected chi connectivity index (χ3v) is 5.16. The Morgan fingerprint density at radius 3 is 2.77 bits per heavy atom. The van der Waals surface area contributed by atoms with E-state index in [2.05, 4.69) is 17.6 Å². The molecule has 1 aliphatic heterocycles. The van der Waals surface area contributed by atoms with Crippen LogP contribution in [0.25, 0.3) is 0 Å². The van der Waals surface area contributed by atoms with Crippen molar-refractivity contribution >= 4 is 18.3 Å². The molecule has 22 heavy (non-hydrogen) atoms. The number of rotatable bonds is 3. The molecule has 2 aliphatic rings. The SMILES string of the molecule is CC1CCNCC1NC(=O)C1(c2cccc(F)c2)CCC1.Cl. The number of piperidine rings is 1. The van der Waals surface area contributed by atoms with Gasteiger partial charge in [0.1, 0.15) is 5.82 Å². The normalized spacial score (nSPS) is 26.5. The van der Waals surface area contributed by atoms with E-state index in [0.29, 0.717) is 5.92 Å². The van der Waals surface area contributed by atoms with Crippen molar-refractivity contribution in [2.24, 2.45) is 5.92 Å². The summed E-state index contributed by atoms with van der Waals surface area (Å²) in [5.41, 5.74) is 0.307. The number of amides is 1. The minimum Gasteiger partial charge on any atom is -0.351 e. The van der Waals surface area contributed by atoms with E-state index in [1.54, 1.807) is 6.07 Å². The van der Waals surface area contributed by atoms with Gasteiger partial charge in [0.05, 0.1) is 5.41 Å². The molecule has 3 rings (SSSR count). The summed E-state index contributed by atoms with van der Waals surface area (Å²) in [5, 5.41) is 6.54. The second-order valence-corrected chi connectivity index (χ2v) is 6.50. The van der Waals surface area contributed by atoms with Gasteiger partial charge in [0.2, 0.25) is 5.91 Å². The first kappa shape index (κ1) is 17.2. The molecule has 2 fully saturated rings. The highest BCUT2D eigenvalue weighted by Crippen LogP contribution is 2.44. The first-order chi connectivity index (χ1) is 10.1. The minimum absolute atomic E-state index is 0. The fourth-order valence-electron chi connectivity index (χ4n) is 3.45. The molecule has 1 amide bonds. The predicted octanol–water partition coefficient (Wildman–Crippen LogP) is 2.78. The molecule has 1 aromatic rings. The number of hydrogen-bond acceptors (Lipinski definition) is 2. The van der Waals surface area contributed by atoms with Crippen LogP contribution in [0.3, 0.4) is 0 Å². The van der Waals surface area contributed by atoms with Gasteiger partial charge in [0.25, 0.3) is 0 Å². The highest BCUT2D eigenvalue weighted by molar-refractivity contribution is 5.89. The highest BCUT2D eigenvalue weighted by Gasteiger charge is 2.46. The van der Waals surface area contributed by atoms with Crippen molar-refractivity contribution in [2.45, 2.75) is 44.1 Å². The molecule has 1 heterocycles. The zero-order valence-corrected chi connectivity index (χ0v) is 13.7. The Labute approximate surface area is 137 Å². The van der Waals surface area contributed by atoms with Crippen LogP contribution in [-0.4, -0.2) is 25.0 Å². The van der Waals surface area contributed by atoms with Crippen LogP contribution in [0.4, 0.5) is 4.39 Å². The highest BCUT2D eigenvalue weighted by atomic mass is 35.5. The molecule has 0 spiro atoms. The fourth-order valence-corrected chi connectivity index (χ4v) is 3.45. The summed E-state index contributed by atoms with van der Waals surface area (Å²) in [6.07, 6.45) is 3.74. The van der Waals surface area contributed by atoms with Crippen LogP contribution >= 0.6 is 12.4 Å². The van der Waals surface area contributed by atoms with E-state index in [1.807, 2.05) is 6.07 Å². The Morgan fingerprint density at radius 1 is 1.41 bits per heavy atom. The minimum atomic E-state index is -0.515. The molecule has 2 atom stereocenters. The summed E-state index contributed by atoms with van der Waals surface area (Å²) in [7, 11) is 0. The third-order valence-electron chi connectivity index (χ3n) is 5.16. The maximum atomic E-state index is 13.5. The number of benzene rings is 1. The van der Waals surface area contributed by atoms with Gasteiger partial charge >= 0.3 is 0 Å². The molecule has 5 heteroatoms. The maximum absolute atomic E-state index is 13.5. The number of carbonyl (C=O) groups excluding carboxylic acids is 1. The summed E-state index contributed by atoms with van der Waals surface area (Å²) in [6, 6.07) is 6.70. The molecule has 122 valence electrons. The molecule has 0 bridgehead atoms. The molecule has 0 aromatic heterocycles. The Morgan fingerprint density at radius 2 is 2.18 bits per heavy atom. The van der Waals surface area contributed by atoms with Gasteiger partial charge in [-0.05, 0) is 49.4 Å². The Hall–Kier alpha value is -1.13. The molecular weight excluding hydrogens is 303 g/mol. The number of nitrogens with one attached hydrogen (secondary N) is 2. The zero-order valence-electron chi connectivity index (χ0n) is 12.9. The molecule has 1 saturated carbocycles. The van der Waals surface area contributed by atoms with E-state index in [9.17, 15) is 9.18 Å². The molecular formula is C17H24ClFN2O. The van der Waals surface area contributed by atoms with E-state index in [1.165, 1.54) is 12.1 Å². The van der Waals surface area contributed by atoms with Crippen molar-refractivity contribution in [2.75, 3.05) is 13.1 Å². The van der Waals surface area contributed by atoms with Crippen LogP contribution in [0.2, 0.25) is 0 Å². The first-order valence-corrected chi connectivity index (χ1v) is 7.89. The second-order valence-electron chi connectivity index (χ2n) is 6.50. The van der Waals surface area contributed by atoms with Crippen LogP contribution in [-0.2, 0) is 10.2 Å². The molecule has 1 aliphatic carbocycles. The third kappa shape index (κ3) is 3.13. The van der Waals surface area contributed by atoms with E-state index >= 15 is 0 Å². The molecule has 2 N–H and O–H groups in total. The summed E-state index contributed by atoms with van der Waals surface area (Å²) >= 11 is 0. The number of hydrogen-bond donors (Lipinski definition) is 2. The lowest BCUT2D eigenvalue weighted by Crippen LogP contribution is -2.57. The van der Waals surface area contributed by atoms with Crippen molar-refractivity contribution in [1.82, 2.24) is 10.6 Å². The summed E-state index contributed by atoms with van der Waals surface area (Å²) in [6.45, 7) is 4.02. The first-order valence-electron chi connectivity index (χ1n) is 7.89. The lowest BCUT2D eigenvalue weighted by molar-refractivity contribution is -0.131. The van der Waals surface area contributed by atoms with Crippen LogP contribution in [0.15, 0.2) is 24.3 Å². The largest absolute Gasteiger partial charge is 0.351 e. The van der Waals surface area contributed by atoms with E-state index < -0.39 is 5.41 Å². The Bertz CT molecular complexity index is 533. The quantitative estimate of drug-likeness (QED) is 0.896. The number of halogens is 2. The topological polar surface area (TPSA) is 41.1 Å². The summed E-state index contributed by atoms with van der Waals surface area (Å²) < 4.78 is 13.5. The average Bonchev–Trinajstić information content (AvgIpc) is 2.40. The van der Waals surface area contributed by atoms with Gasteiger partial charge in [0.15, 0.2) is 0 Å². The summed E-state index contributed by atoms with van der Waals surface area (Å²) in [5.74, 6) is 0.291. The van der Waals surface area contributed by atoms with Crippen LogP contribution in [0.1, 0.15) is 38.2 Å². The summed E-state index contributed by atoms with van der Waals surface area (Å²) in [4.78, 5) is 12.8. The number of carbonyl (C=O) groups is 1. The standard InChI is InChI=1S/C17H23FN2O.ClH/c1-12-6-9-19-11-15(12)20-16(21)17(7-3-8-17)13-4-2-5-14(18)10-13;/h2,4-5,10,12,15,19H,3,6-9,11H2,1H3,(H,20,21);1H. The van der Waals surface area contributed by atoms with Gasteiger partial charge in [-0.3, -0.25) is 4.79 Å². The zero-order chi connectivity index (χ0) is 14.9. The Kier molecular flexibility index (Phi) is 5.45. The van der Waals surface area contributed by atoms with E-state index in [-0.39, 0.29) is 30.2 Å². The van der Waals surface area contributed by atoms with Crippen molar-refractivity contribution in [3.05, 3.63) is 35.6 Å². The van der Waals surface area contributed by atoms with Gasteiger partial charge in [0, 0.05) is 12.6 Å². The van der Waals surface area contributed by atoms with Gasteiger partial charge in [-0.15, -0.1) is 12.4 Å².